The third-order valence-electron chi connectivity index (χ3n) is 4.44. The van der Waals surface area contributed by atoms with E-state index in [2.05, 4.69) is 15.1 Å². The minimum Gasteiger partial charge on any atom is -0.399 e. The molecule has 3 rings (SSSR count). The predicted octanol–water partition coefficient (Wildman–Crippen LogP) is 1.28. The van der Waals surface area contributed by atoms with Crippen LogP contribution in [0.2, 0.25) is 0 Å². The molecule has 5 heteroatoms. The maximum atomic E-state index is 13.9. The van der Waals surface area contributed by atoms with Gasteiger partial charge in [-0.05, 0) is 31.0 Å². The molecule has 0 unspecified atom stereocenters. The number of piperazine rings is 1. The number of rotatable bonds is 2. The van der Waals surface area contributed by atoms with Crippen LogP contribution in [-0.4, -0.2) is 50.2 Å². The molecule has 20 heavy (non-hydrogen) atoms. The van der Waals surface area contributed by atoms with Crippen LogP contribution >= 0.6 is 0 Å². The molecule has 2 fully saturated rings. The molecule has 0 bridgehead atoms. The Labute approximate surface area is 119 Å². The number of nitrogens with one attached hydrogen (secondary N) is 1. The molecule has 4 nitrogen and oxygen atoms in total. The predicted molar refractivity (Wildman–Crippen MR) is 80.5 cm³/mol. The zero-order chi connectivity index (χ0) is 13.9. The van der Waals surface area contributed by atoms with Crippen molar-refractivity contribution in [2.24, 2.45) is 0 Å². The monoisotopic (exact) mass is 278 g/mol. The first-order chi connectivity index (χ1) is 9.74. The van der Waals surface area contributed by atoms with Crippen LogP contribution < -0.4 is 16.0 Å². The molecule has 0 atom stereocenters. The third-order valence-corrected chi connectivity index (χ3v) is 4.44. The van der Waals surface area contributed by atoms with Gasteiger partial charge in [-0.2, -0.15) is 0 Å². The average molecular weight is 278 g/mol. The fraction of sp³-hybridized carbons (Fsp3) is 0.600. The molecule has 2 heterocycles. The summed E-state index contributed by atoms with van der Waals surface area (Å²) < 4.78 is 13.9. The van der Waals surface area contributed by atoms with E-state index in [4.69, 9.17) is 5.73 Å². The van der Waals surface area contributed by atoms with Crippen LogP contribution in [0.1, 0.15) is 12.8 Å². The minimum absolute atomic E-state index is 0.203. The van der Waals surface area contributed by atoms with Gasteiger partial charge in [0, 0.05) is 51.0 Å². The number of hydrogen-bond acceptors (Lipinski definition) is 4. The van der Waals surface area contributed by atoms with Crippen molar-refractivity contribution in [2.75, 3.05) is 49.9 Å². The molecule has 2 aliphatic heterocycles. The molecule has 110 valence electrons. The number of anilines is 2. The molecule has 2 saturated heterocycles. The van der Waals surface area contributed by atoms with E-state index >= 15 is 0 Å². The SMILES string of the molecule is Nc1ccc(N2CCC(N3CCNCC3)CC2)c(F)c1. The van der Waals surface area contributed by atoms with Gasteiger partial charge in [-0.15, -0.1) is 0 Å². The van der Waals surface area contributed by atoms with Crippen molar-refractivity contribution in [3.63, 3.8) is 0 Å². The molecule has 0 aliphatic carbocycles. The molecular weight excluding hydrogens is 255 g/mol. The standard InChI is InChI=1S/C15H23FN4/c16-14-11-12(17)1-2-15(14)20-7-3-13(4-8-20)19-9-5-18-6-10-19/h1-2,11,13,18H,3-10,17H2. The van der Waals surface area contributed by atoms with Gasteiger partial charge in [-0.25, -0.2) is 4.39 Å². The lowest BCUT2D eigenvalue weighted by Gasteiger charge is -2.41. The Hall–Kier alpha value is -1.33. The highest BCUT2D eigenvalue weighted by Gasteiger charge is 2.26. The molecule has 0 saturated carbocycles. The maximum Gasteiger partial charge on any atom is 0.148 e. The average Bonchev–Trinajstić information content (AvgIpc) is 2.48. The second-order valence-corrected chi connectivity index (χ2v) is 5.72. The van der Waals surface area contributed by atoms with Crippen LogP contribution in [-0.2, 0) is 0 Å². The van der Waals surface area contributed by atoms with E-state index in [1.165, 1.54) is 6.07 Å². The summed E-state index contributed by atoms with van der Waals surface area (Å²) in [5, 5.41) is 3.39. The Morgan fingerprint density at radius 1 is 1.10 bits per heavy atom. The van der Waals surface area contributed by atoms with Crippen molar-refractivity contribution in [3.8, 4) is 0 Å². The van der Waals surface area contributed by atoms with Gasteiger partial charge in [0.15, 0.2) is 0 Å². The first-order valence-electron chi connectivity index (χ1n) is 7.49. The van der Waals surface area contributed by atoms with Gasteiger partial charge in [0.1, 0.15) is 5.82 Å². The number of benzene rings is 1. The molecule has 0 aromatic heterocycles. The molecular formula is C15H23FN4. The fourth-order valence-electron chi connectivity index (χ4n) is 3.30. The summed E-state index contributed by atoms with van der Waals surface area (Å²) in [6.07, 6.45) is 2.23. The summed E-state index contributed by atoms with van der Waals surface area (Å²) in [5.41, 5.74) is 6.79. The van der Waals surface area contributed by atoms with Crippen molar-refractivity contribution in [1.82, 2.24) is 10.2 Å². The zero-order valence-corrected chi connectivity index (χ0v) is 11.8. The summed E-state index contributed by atoms with van der Waals surface area (Å²) in [4.78, 5) is 4.72. The number of nitrogen functional groups attached to an aromatic ring is 1. The third kappa shape index (κ3) is 2.88. The lowest BCUT2D eigenvalue weighted by Crippen LogP contribution is -2.52. The largest absolute Gasteiger partial charge is 0.399 e. The summed E-state index contributed by atoms with van der Waals surface area (Å²) in [6, 6.07) is 5.65. The van der Waals surface area contributed by atoms with Crippen molar-refractivity contribution in [2.45, 2.75) is 18.9 Å². The van der Waals surface area contributed by atoms with Crippen LogP contribution in [0, 0.1) is 5.82 Å². The molecule has 2 aliphatic rings. The van der Waals surface area contributed by atoms with Crippen molar-refractivity contribution < 1.29 is 4.39 Å². The molecule has 1 aromatic carbocycles. The Bertz CT molecular complexity index is 451. The summed E-state index contributed by atoms with van der Waals surface area (Å²) >= 11 is 0. The van der Waals surface area contributed by atoms with E-state index in [1.54, 1.807) is 12.1 Å². The molecule has 3 N–H and O–H groups in total. The van der Waals surface area contributed by atoms with Crippen LogP contribution in [0.3, 0.4) is 0 Å². The number of piperidine rings is 1. The highest BCUT2D eigenvalue weighted by molar-refractivity contribution is 5.54. The molecule has 0 amide bonds. The van der Waals surface area contributed by atoms with Crippen LogP contribution in [0.25, 0.3) is 0 Å². The number of nitrogens with two attached hydrogens (primary N) is 1. The van der Waals surface area contributed by atoms with Crippen LogP contribution in [0.5, 0.6) is 0 Å². The lowest BCUT2D eigenvalue weighted by molar-refractivity contribution is 0.150. The smallest absolute Gasteiger partial charge is 0.148 e. The van der Waals surface area contributed by atoms with Crippen molar-refractivity contribution in [1.29, 1.82) is 0 Å². The van der Waals surface area contributed by atoms with Gasteiger partial charge >= 0.3 is 0 Å². The Balaban J connectivity index is 1.60. The summed E-state index contributed by atoms with van der Waals surface area (Å²) in [6.45, 7) is 6.31. The zero-order valence-electron chi connectivity index (χ0n) is 11.8. The first kappa shape index (κ1) is 13.6. The Kier molecular flexibility index (Phi) is 4.08. The van der Waals surface area contributed by atoms with Crippen LogP contribution in [0.4, 0.5) is 15.8 Å². The van der Waals surface area contributed by atoms with E-state index < -0.39 is 0 Å². The number of hydrogen-bond donors (Lipinski definition) is 2. The van der Waals surface area contributed by atoms with E-state index in [-0.39, 0.29) is 5.82 Å². The topological polar surface area (TPSA) is 44.5 Å². The summed E-state index contributed by atoms with van der Waals surface area (Å²) in [7, 11) is 0. The highest BCUT2D eigenvalue weighted by atomic mass is 19.1. The van der Waals surface area contributed by atoms with Gasteiger partial charge in [0.25, 0.3) is 0 Å². The number of nitrogens with zero attached hydrogens (tertiary/aromatic N) is 2. The van der Waals surface area contributed by atoms with E-state index in [0.717, 1.165) is 52.1 Å². The second kappa shape index (κ2) is 5.97. The lowest BCUT2D eigenvalue weighted by atomic mass is 10.0. The quantitative estimate of drug-likeness (QED) is 0.800. The maximum absolute atomic E-state index is 13.9. The highest BCUT2D eigenvalue weighted by Crippen LogP contribution is 2.26. The van der Waals surface area contributed by atoms with Gasteiger partial charge in [0.05, 0.1) is 5.69 Å². The Morgan fingerprint density at radius 2 is 1.80 bits per heavy atom. The Morgan fingerprint density at radius 3 is 2.45 bits per heavy atom. The summed E-state index contributed by atoms with van der Waals surface area (Å²) in [5.74, 6) is -0.203. The normalized spacial score (nSPS) is 22.1. The minimum atomic E-state index is -0.203. The molecule has 0 radical (unpaired) electrons. The van der Waals surface area contributed by atoms with Gasteiger partial charge < -0.3 is 16.0 Å². The van der Waals surface area contributed by atoms with Crippen molar-refractivity contribution in [3.05, 3.63) is 24.0 Å². The second-order valence-electron chi connectivity index (χ2n) is 5.72. The fourth-order valence-corrected chi connectivity index (χ4v) is 3.30. The molecule has 0 spiro atoms. The molecule has 1 aromatic rings. The van der Waals surface area contributed by atoms with E-state index in [0.29, 0.717) is 17.4 Å². The van der Waals surface area contributed by atoms with Crippen molar-refractivity contribution >= 4 is 11.4 Å². The van der Waals surface area contributed by atoms with Crippen LogP contribution in [0.15, 0.2) is 18.2 Å². The van der Waals surface area contributed by atoms with E-state index in [1.807, 2.05) is 0 Å². The number of halogens is 1. The van der Waals surface area contributed by atoms with E-state index in [9.17, 15) is 4.39 Å². The first-order valence-corrected chi connectivity index (χ1v) is 7.49. The van der Waals surface area contributed by atoms with Gasteiger partial charge in [-0.3, -0.25) is 4.90 Å². The van der Waals surface area contributed by atoms with Gasteiger partial charge in [-0.1, -0.05) is 0 Å². The van der Waals surface area contributed by atoms with Gasteiger partial charge in [0.2, 0.25) is 0 Å².